The maximum Gasteiger partial charge on any atom is 0.247 e. The lowest BCUT2D eigenvalue weighted by Crippen LogP contribution is -2.16. The van der Waals surface area contributed by atoms with Crippen LogP contribution in [0.15, 0.2) is 52.9 Å². The van der Waals surface area contributed by atoms with Gasteiger partial charge in [0.1, 0.15) is 0 Å². The van der Waals surface area contributed by atoms with Gasteiger partial charge in [0.2, 0.25) is 11.8 Å². The minimum absolute atomic E-state index is 0.0640. The zero-order valence-electron chi connectivity index (χ0n) is 18.0. The summed E-state index contributed by atoms with van der Waals surface area (Å²) in [4.78, 5) is 0. The molecule has 0 fully saturated rings. The second-order valence-electron chi connectivity index (χ2n) is 9.64. The molecule has 0 bridgehead atoms. The van der Waals surface area contributed by atoms with Crippen LogP contribution in [0, 0.1) is 0 Å². The molecule has 28 heavy (non-hydrogen) atoms. The highest BCUT2D eigenvalue weighted by atomic mass is 16.4. The minimum atomic E-state index is 0.0640. The molecular formula is C25H32N2O. The number of nitrogens with zero attached hydrogens (tertiary/aromatic N) is 2. The van der Waals surface area contributed by atoms with Crippen LogP contribution in [0.2, 0.25) is 0 Å². The fourth-order valence-corrected chi connectivity index (χ4v) is 3.18. The summed E-state index contributed by atoms with van der Waals surface area (Å²) in [7, 11) is 0. The van der Waals surface area contributed by atoms with Crippen LogP contribution < -0.4 is 0 Å². The molecule has 0 spiro atoms. The summed E-state index contributed by atoms with van der Waals surface area (Å²) in [5.74, 6) is 1.33. The number of aromatic nitrogens is 2. The van der Waals surface area contributed by atoms with E-state index in [9.17, 15) is 0 Å². The molecule has 148 valence electrons. The highest BCUT2D eigenvalue weighted by Crippen LogP contribution is 2.33. The second-order valence-corrected chi connectivity index (χ2v) is 9.64. The zero-order chi connectivity index (χ0) is 20.4. The van der Waals surface area contributed by atoms with Crippen LogP contribution in [0.5, 0.6) is 0 Å². The Labute approximate surface area is 169 Å². The van der Waals surface area contributed by atoms with Crippen molar-refractivity contribution in [3.63, 3.8) is 0 Å². The average Bonchev–Trinajstić information content (AvgIpc) is 3.10. The second kappa shape index (κ2) is 7.90. The SMILES string of the molecule is CC(C)(C)c1cc(-c2nnc(CCCc3ccccc3)o2)cc(C(C)(C)C)c1. The van der Waals surface area contributed by atoms with Crippen LogP contribution in [-0.2, 0) is 23.7 Å². The Morgan fingerprint density at radius 1 is 0.750 bits per heavy atom. The van der Waals surface area contributed by atoms with Crippen LogP contribution in [0.4, 0.5) is 0 Å². The Kier molecular flexibility index (Phi) is 5.74. The molecule has 0 atom stereocenters. The van der Waals surface area contributed by atoms with Gasteiger partial charge in [-0.15, -0.1) is 10.2 Å². The van der Waals surface area contributed by atoms with Crippen molar-refractivity contribution in [2.45, 2.75) is 71.6 Å². The predicted molar refractivity (Wildman–Crippen MR) is 116 cm³/mol. The van der Waals surface area contributed by atoms with Gasteiger partial charge in [0.25, 0.3) is 0 Å². The number of hydrogen-bond acceptors (Lipinski definition) is 3. The molecule has 1 heterocycles. The highest BCUT2D eigenvalue weighted by Gasteiger charge is 2.22. The first kappa shape index (κ1) is 20.3. The fourth-order valence-electron chi connectivity index (χ4n) is 3.18. The van der Waals surface area contributed by atoms with Crippen LogP contribution in [-0.4, -0.2) is 10.2 Å². The zero-order valence-corrected chi connectivity index (χ0v) is 18.0. The topological polar surface area (TPSA) is 38.9 Å². The molecule has 0 unspecified atom stereocenters. The molecule has 3 heteroatoms. The van der Waals surface area contributed by atoms with Crippen LogP contribution >= 0.6 is 0 Å². The van der Waals surface area contributed by atoms with Gasteiger partial charge in [0.05, 0.1) is 0 Å². The lowest BCUT2D eigenvalue weighted by atomic mass is 9.79. The van der Waals surface area contributed by atoms with Gasteiger partial charge in [-0.2, -0.15) is 0 Å². The Bertz CT molecular complexity index is 879. The predicted octanol–water partition coefficient (Wildman–Crippen LogP) is 6.51. The van der Waals surface area contributed by atoms with Gasteiger partial charge >= 0.3 is 0 Å². The van der Waals surface area contributed by atoms with E-state index < -0.39 is 0 Å². The smallest absolute Gasteiger partial charge is 0.247 e. The molecule has 0 aliphatic carbocycles. The fraction of sp³-hybridized carbons (Fsp3) is 0.440. The van der Waals surface area contributed by atoms with Crippen molar-refractivity contribution < 1.29 is 4.42 Å². The van der Waals surface area contributed by atoms with Crippen molar-refractivity contribution in [1.29, 1.82) is 0 Å². The van der Waals surface area contributed by atoms with E-state index in [0.29, 0.717) is 11.8 Å². The Hall–Kier alpha value is -2.42. The van der Waals surface area contributed by atoms with Gasteiger partial charge in [0.15, 0.2) is 0 Å². The quantitative estimate of drug-likeness (QED) is 0.510. The third-order valence-corrected chi connectivity index (χ3v) is 5.08. The maximum absolute atomic E-state index is 6.02. The lowest BCUT2D eigenvalue weighted by Gasteiger charge is -2.25. The molecule has 2 aromatic carbocycles. The van der Waals surface area contributed by atoms with Crippen molar-refractivity contribution >= 4 is 0 Å². The molecule has 3 nitrogen and oxygen atoms in total. The number of benzene rings is 2. The molecule has 0 aliphatic heterocycles. The van der Waals surface area contributed by atoms with Gasteiger partial charge < -0.3 is 4.42 Å². The first-order valence-electron chi connectivity index (χ1n) is 10.2. The molecule has 3 aromatic rings. The number of hydrogen-bond donors (Lipinski definition) is 0. The standard InChI is InChI=1S/C25H32N2O/c1-24(2,3)20-15-19(16-21(17-20)25(4,5)6)23-27-26-22(28-23)14-10-13-18-11-8-7-9-12-18/h7-9,11-12,15-17H,10,13-14H2,1-6H3. The Morgan fingerprint density at radius 3 is 1.93 bits per heavy atom. The summed E-state index contributed by atoms with van der Waals surface area (Å²) in [6.07, 6.45) is 2.82. The van der Waals surface area contributed by atoms with Crippen LogP contribution in [0.25, 0.3) is 11.5 Å². The number of aryl methyl sites for hydroxylation is 2. The molecule has 0 amide bonds. The van der Waals surface area contributed by atoms with Gasteiger partial charge in [-0.05, 0) is 52.5 Å². The van der Waals surface area contributed by atoms with Crippen molar-refractivity contribution in [2.75, 3.05) is 0 Å². The van der Waals surface area contributed by atoms with Crippen molar-refractivity contribution in [2.24, 2.45) is 0 Å². The van der Waals surface area contributed by atoms with E-state index in [-0.39, 0.29) is 10.8 Å². The first-order chi connectivity index (χ1) is 13.1. The van der Waals surface area contributed by atoms with Crippen LogP contribution in [0.1, 0.15) is 70.5 Å². The molecule has 0 aliphatic rings. The summed E-state index contributed by atoms with van der Waals surface area (Å²) < 4.78 is 6.02. The van der Waals surface area contributed by atoms with Gasteiger partial charge in [-0.25, -0.2) is 0 Å². The Morgan fingerprint density at radius 2 is 1.36 bits per heavy atom. The van der Waals surface area contributed by atoms with Crippen molar-refractivity contribution in [3.05, 3.63) is 71.1 Å². The first-order valence-corrected chi connectivity index (χ1v) is 10.2. The van der Waals surface area contributed by atoms with E-state index in [2.05, 4.69) is 94.2 Å². The molecule has 0 N–H and O–H groups in total. The monoisotopic (exact) mass is 376 g/mol. The average molecular weight is 377 g/mol. The van der Waals surface area contributed by atoms with E-state index in [4.69, 9.17) is 4.42 Å². The summed E-state index contributed by atoms with van der Waals surface area (Å²) >= 11 is 0. The van der Waals surface area contributed by atoms with Gasteiger partial charge in [-0.3, -0.25) is 0 Å². The highest BCUT2D eigenvalue weighted by molar-refractivity contribution is 5.57. The summed E-state index contributed by atoms with van der Waals surface area (Å²) in [5.41, 5.74) is 5.06. The van der Waals surface area contributed by atoms with Gasteiger partial charge in [-0.1, -0.05) is 77.9 Å². The summed E-state index contributed by atoms with van der Waals surface area (Å²) in [5, 5.41) is 8.63. The molecule has 0 saturated carbocycles. The minimum Gasteiger partial charge on any atom is -0.421 e. The molecule has 0 saturated heterocycles. The molecule has 1 aromatic heterocycles. The number of rotatable bonds is 5. The van der Waals surface area contributed by atoms with Gasteiger partial charge in [0, 0.05) is 12.0 Å². The molecule has 3 rings (SSSR count). The van der Waals surface area contributed by atoms with Crippen molar-refractivity contribution in [3.8, 4) is 11.5 Å². The third-order valence-electron chi connectivity index (χ3n) is 5.08. The third kappa shape index (κ3) is 5.09. The van der Waals surface area contributed by atoms with E-state index in [0.717, 1.165) is 24.8 Å². The Balaban J connectivity index is 1.80. The maximum atomic E-state index is 6.02. The summed E-state index contributed by atoms with van der Waals surface area (Å²) in [6, 6.07) is 17.2. The normalized spacial score (nSPS) is 12.4. The van der Waals surface area contributed by atoms with E-state index >= 15 is 0 Å². The van der Waals surface area contributed by atoms with E-state index in [1.54, 1.807) is 0 Å². The summed E-state index contributed by atoms with van der Waals surface area (Å²) in [6.45, 7) is 13.4. The van der Waals surface area contributed by atoms with Crippen LogP contribution in [0.3, 0.4) is 0 Å². The van der Waals surface area contributed by atoms with E-state index in [1.807, 2.05) is 6.07 Å². The van der Waals surface area contributed by atoms with E-state index in [1.165, 1.54) is 16.7 Å². The molecule has 0 radical (unpaired) electrons. The largest absolute Gasteiger partial charge is 0.421 e. The molecular weight excluding hydrogens is 344 g/mol. The lowest BCUT2D eigenvalue weighted by molar-refractivity contribution is 0.497. The van der Waals surface area contributed by atoms with Crippen molar-refractivity contribution in [1.82, 2.24) is 10.2 Å².